The van der Waals surface area contributed by atoms with Gasteiger partial charge in [-0.15, -0.1) is 0 Å². The Morgan fingerprint density at radius 3 is 2.57 bits per heavy atom. The second-order valence-electron chi connectivity index (χ2n) is 6.39. The van der Waals surface area contributed by atoms with Crippen molar-refractivity contribution >= 4 is 10.0 Å². The molecule has 2 fully saturated rings. The molecule has 0 saturated heterocycles. The fourth-order valence-electron chi connectivity index (χ4n) is 2.56. The average Bonchev–Trinajstić information content (AvgIpc) is 3.19. The summed E-state index contributed by atoms with van der Waals surface area (Å²) in [6, 6.07) is 6.05. The molecule has 0 heterocycles. The Hall–Kier alpha value is -0.910. The topological polar surface area (TPSA) is 58.2 Å². The van der Waals surface area contributed by atoms with Crippen LogP contribution >= 0.6 is 0 Å². The number of hydrogen-bond donors (Lipinski definition) is 2. The Labute approximate surface area is 127 Å². The van der Waals surface area contributed by atoms with Crippen LogP contribution in [0.3, 0.4) is 0 Å². The lowest BCUT2D eigenvalue weighted by molar-refractivity contribution is 0.316. The van der Waals surface area contributed by atoms with Crippen molar-refractivity contribution in [3.63, 3.8) is 0 Å². The highest BCUT2D eigenvalue weighted by atomic mass is 32.2. The third-order valence-electron chi connectivity index (χ3n) is 4.58. The molecule has 2 aliphatic carbocycles. The predicted molar refractivity (Wildman–Crippen MR) is 83.6 cm³/mol. The highest BCUT2D eigenvalue weighted by Crippen LogP contribution is 2.26. The summed E-state index contributed by atoms with van der Waals surface area (Å²) >= 11 is 0. The van der Waals surface area contributed by atoms with Gasteiger partial charge in [0.1, 0.15) is 0 Å². The third kappa shape index (κ3) is 3.84. The first-order chi connectivity index (χ1) is 10.0. The van der Waals surface area contributed by atoms with Crippen LogP contribution in [0.4, 0.5) is 0 Å². The van der Waals surface area contributed by atoms with Crippen LogP contribution in [0.2, 0.25) is 0 Å². The van der Waals surface area contributed by atoms with Crippen LogP contribution in [0.1, 0.15) is 43.2 Å². The highest BCUT2D eigenvalue weighted by molar-refractivity contribution is 7.89. The molecule has 0 aliphatic heterocycles. The van der Waals surface area contributed by atoms with Crippen molar-refractivity contribution in [1.82, 2.24) is 10.0 Å². The summed E-state index contributed by atoms with van der Waals surface area (Å²) in [6.07, 6.45) is 5.99. The van der Waals surface area contributed by atoms with E-state index in [2.05, 4.69) is 10.0 Å². The van der Waals surface area contributed by atoms with E-state index in [0.29, 0.717) is 23.4 Å². The van der Waals surface area contributed by atoms with Crippen LogP contribution in [0.5, 0.6) is 0 Å². The number of hydrogen-bond acceptors (Lipinski definition) is 3. The molecule has 0 amide bonds. The van der Waals surface area contributed by atoms with Crippen molar-refractivity contribution < 1.29 is 8.42 Å². The maximum atomic E-state index is 12.4. The quantitative estimate of drug-likeness (QED) is 0.813. The smallest absolute Gasteiger partial charge is 0.240 e. The van der Waals surface area contributed by atoms with Gasteiger partial charge in [-0.3, -0.25) is 0 Å². The molecule has 1 aromatic rings. The molecule has 0 bridgehead atoms. The summed E-state index contributed by atoms with van der Waals surface area (Å²) in [7, 11) is -3.37. The Morgan fingerprint density at radius 2 is 1.95 bits per heavy atom. The number of sulfonamides is 1. The third-order valence-corrected chi connectivity index (χ3v) is 6.00. The summed E-state index contributed by atoms with van der Waals surface area (Å²) in [4.78, 5) is 0.389. The van der Waals surface area contributed by atoms with Crippen LogP contribution in [0, 0.1) is 12.8 Å². The van der Waals surface area contributed by atoms with Gasteiger partial charge in [-0.2, -0.15) is 0 Å². The molecular weight excluding hydrogens is 284 g/mol. The van der Waals surface area contributed by atoms with Gasteiger partial charge in [0.05, 0.1) is 4.90 Å². The number of nitrogens with one attached hydrogen (secondary N) is 2. The van der Waals surface area contributed by atoms with Crippen molar-refractivity contribution in [3.05, 3.63) is 29.3 Å². The fourth-order valence-corrected chi connectivity index (χ4v) is 3.72. The minimum absolute atomic E-state index is 0.389. The van der Waals surface area contributed by atoms with E-state index in [1.165, 1.54) is 19.3 Å². The zero-order valence-corrected chi connectivity index (χ0v) is 13.4. The lowest BCUT2D eigenvalue weighted by Crippen LogP contribution is -2.32. The summed E-state index contributed by atoms with van der Waals surface area (Å²) in [5, 5.41) is 3.45. The van der Waals surface area contributed by atoms with Crippen LogP contribution in [0.25, 0.3) is 0 Å². The first-order valence-electron chi connectivity index (χ1n) is 7.87. The summed E-state index contributed by atoms with van der Waals surface area (Å²) in [6.45, 7) is 3.36. The predicted octanol–water partition coefficient (Wildman–Crippen LogP) is 2.33. The number of benzene rings is 1. The number of rotatable bonds is 7. The van der Waals surface area contributed by atoms with E-state index in [4.69, 9.17) is 0 Å². The van der Waals surface area contributed by atoms with Crippen LogP contribution < -0.4 is 10.0 Å². The van der Waals surface area contributed by atoms with Crippen molar-refractivity contribution in [3.8, 4) is 0 Å². The zero-order valence-electron chi connectivity index (χ0n) is 12.6. The molecule has 0 aromatic heterocycles. The highest BCUT2D eigenvalue weighted by Gasteiger charge is 2.23. The minimum atomic E-state index is -3.37. The second kappa shape index (κ2) is 6.07. The van der Waals surface area contributed by atoms with Gasteiger partial charge in [0.25, 0.3) is 0 Å². The lowest BCUT2D eigenvalue weighted by Gasteiger charge is -2.25. The molecule has 2 saturated carbocycles. The minimum Gasteiger partial charge on any atom is -0.310 e. The fraction of sp³-hybridized carbons (Fsp3) is 0.625. The van der Waals surface area contributed by atoms with Gasteiger partial charge in [-0.05, 0) is 61.8 Å². The molecule has 2 N–H and O–H groups in total. The van der Waals surface area contributed by atoms with E-state index in [1.54, 1.807) is 6.07 Å². The summed E-state index contributed by atoms with van der Waals surface area (Å²) in [5.74, 6) is 0.529. The van der Waals surface area contributed by atoms with E-state index in [-0.39, 0.29) is 0 Å². The molecule has 2 aliphatic rings. The SMILES string of the molecule is Cc1ccc(S(=O)(=O)NCC2CCC2)cc1CNC1CC1. The normalized spacial score (nSPS) is 19.5. The van der Waals surface area contributed by atoms with E-state index >= 15 is 0 Å². The van der Waals surface area contributed by atoms with Gasteiger partial charge in [-0.1, -0.05) is 12.5 Å². The van der Waals surface area contributed by atoms with Crippen molar-refractivity contribution in [2.75, 3.05) is 6.54 Å². The summed E-state index contributed by atoms with van der Waals surface area (Å²) in [5.41, 5.74) is 2.22. The Kier molecular flexibility index (Phi) is 4.33. The van der Waals surface area contributed by atoms with E-state index in [0.717, 1.165) is 30.5 Å². The van der Waals surface area contributed by atoms with Gasteiger partial charge in [0.2, 0.25) is 10.0 Å². The van der Waals surface area contributed by atoms with Crippen LogP contribution in [-0.2, 0) is 16.6 Å². The molecule has 0 spiro atoms. The monoisotopic (exact) mass is 308 g/mol. The maximum Gasteiger partial charge on any atom is 0.240 e. The molecule has 0 radical (unpaired) electrons. The molecule has 116 valence electrons. The molecule has 3 rings (SSSR count). The largest absolute Gasteiger partial charge is 0.310 e. The molecule has 5 heteroatoms. The van der Waals surface area contributed by atoms with E-state index in [1.807, 2.05) is 19.1 Å². The van der Waals surface area contributed by atoms with Crippen LogP contribution in [-0.4, -0.2) is 21.0 Å². The van der Waals surface area contributed by atoms with Gasteiger partial charge < -0.3 is 5.32 Å². The second-order valence-corrected chi connectivity index (χ2v) is 8.16. The van der Waals surface area contributed by atoms with Crippen molar-refractivity contribution in [2.24, 2.45) is 5.92 Å². The zero-order chi connectivity index (χ0) is 14.9. The Bertz CT molecular complexity index is 605. The van der Waals surface area contributed by atoms with Gasteiger partial charge in [0, 0.05) is 19.1 Å². The maximum absolute atomic E-state index is 12.4. The molecular formula is C16H24N2O2S. The summed E-state index contributed by atoms with van der Waals surface area (Å²) < 4.78 is 27.5. The number of aryl methyl sites for hydroxylation is 1. The van der Waals surface area contributed by atoms with Gasteiger partial charge in [0.15, 0.2) is 0 Å². The first-order valence-corrected chi connectivity index (χ1v) is 9.35. The lowest BCUT2D eigenvalue weighted by atomic mass is 9.86. The van der Waals surface area contributed by atoms with Crippen molar-refractivity contribution in [2.45, 2.75) is 56.5 Å². The van der Waals surface area contributed by atoms with Gasteiger partial charge in [-0.25, -0.2) is 13.1 Å². The molecule has 1 aromatic carbocycles. The standard InChI is InChI=1S/C16H24N2O2S/c1-12-5-8-16(9-14(12)11-17-15-6-7-15)21(19,20)18-10-13-3-2-4-13/h5,8-9,13,15,17-18H,2-4,6-7,10-11H2,1H3. The Balaban J connectivity index is 1.68. The molecule has 0 unspecified atom stereocenters. The van der Waals surface area contributed by atoms with E-state index < -0.39 is 10.0 Å². The van der Waals surface area contributed by atoms with E-state index in [9.17, 15) is 8.42 Å². The van der Waals surface area contributed by atoms with Crippen molar-refractivity contribution in [1.29, 1.82) is 0 Å². The van der Waals surface area contributed by atoms with Gasteiger partial charge >= 0.3 is 0 Å². The Morgan fingerprint density at radius 1 is 1.19 bits per heavy atom. The molecule has 4 nitrogen and oxygen atoms in total. The molecule has 21 heavy (non-hydrogen) atoms. The average molecular weight is 308 g/mol. The van der Waals surface area contributed by atoms with Crippen LogP contribution in [0.15, 0.2) is 23.1 Å². The first kappa shape index (κ1) is 15.0. The molecule has 0 atom stereocenters.